The molecule has 112 valence electrons. The molecule has 1 aliphatic heterocycles. The van der Waals surface area contributed by atoms with E-state index in [9.17, 15) is 8.42 Å². The van der Waals surface area contributed by atoms with Gasteiger partial charge in [-0.05, 0) is 25.0 Å². The van der Waals surface area contributed by atoms with Crippen molar-refractivity contribution in [3.8, 4) is 0 Å². The summed E-state index contributed by atoms with van der Waals surface area (Å²) in [5.41, 5.74) is 5.76. The van der Waals surface area contributed by atoms with Gasteiger partial charge in [0.15, 0.2) is 0 Å². The Labute approximate surface area is 124 Å². The Kier molecular flexibility index (Phi) is 3.93. The third kappa shape index (κ3) is 2.54. The smallest absolute Gasteiger partial charge is 0.243 e. The normalized spacial score (nSPS) is 20.7. The Morgan fingerprint density at radius 3 is 2.95 bits per heavy atom. The molecule has 0 bridgehead atoms. The van der Waals surface area contributed by atoms with E-state index >= 15 is 0 Å². The Bertz CT molecular complexity index is 740. The molecular formula is C15H19N3O2S. The van der Waals surface area contributed by atoms with Crippen LogP contribution in [0.1, 0.15) is 19.3 Å². The van der Waals surface area contributed by atoms with Crippen LogP contribution in [0.5, 0.6) is 0 Å². The summed E-state index contributed by atoms with van der Waals surface area (Å²) in [7, 11) is -3.52. The Morgan fingerprint density at radius 1 is 1.29 bits per heavy atom. The number of nitrogens with two attached hydrogens (primary N) is 1. The molecule has 0 radical (unpaired) electrons. The molecule has 5 nitrogen and oxygen atoms in total. The number of pyridine rings is 1. The van der Waals surface area contributed by atoms with E-state index in [1.807, 2.05) is 6.07 Å². The first-order chi connectivity index (χ1) is 10.1. The number of aromatic nitrogens is 1. The van der Waals surface area contributed by atoms with Crippen LogP contribution < -0.4 is 5.73 Å². The van der Waals surface area contributed by atoms with E-state index in [2.05, 4.69) is 4.98 Å². The lowest BCUT2D eigenvalue weighted by atomic mass is 10.1. The van der Waals surface area contributed by atoms with Gasteiger partial charge in [0, 0.05) is 42.3 Å². The van der Waals surface area contributed by atoms with Gasteiger partial charge >= 0.3 is 0 Å². The minimum Gasteiger partial charge on any atom is -0.329 e. The summed E-state index contributed by atoms with van der Waals surface area (Å²) < 4.78 is 27.6. The van der Waals surface area contributed by atoms with Crippen LogP contribution in [0.25, 0.3) is 10.8 Å². The average Bonchev–Trinajstić information content (AvgIpc) is 2.54. The van der Waals surface area contributed by atoms with Gasteiger partial charge in [0.1, 0.15) is 0 Å². The zero-order chi connectivity index (χ0) is 14.9. The second-order valence-electron chi connectivity index (χ2n) is 5.35. The van der Waals surface area contributed by atoms with Gasteiger partial charge in [0.25, 0.3) is 0 Å². The van der Waals surface area contributed by atoms with Crippen molar-refractivity contribution in [2.24, 2.45) is 5.73 Å². The second-order valence-corrected chi connectivity index (χ2v) is 7.21. The maximum Gasteiger partial charge on any atom is 0.243 e. The number of benzene rings is 1. The zero-order valence-corrected chi connectivity index (χ0v) is 12.6. The van der Waals surface area contributed by atoms with Crippen molar-refractivity contribution in [3.05, 3.63) is 36.7 Å². The minimum atomic E-state index is -3.52. The molecule has 2 heterocycles. The summed E-state index contributed by atoms with van der Waals surface area (Å²) in [6.45, 7) is 0.914. The van der Waals surface area contributed by atoms with Gasteiger partial charge in [0.2, 0.25) is 10.0 Å². The summed E-state index contributed by atoms with van der Waals surface area (Å²) in [4.78, 5) is 4.40. The van der Waals surface area contributed by atoms with Crippen LogP contribution in [0.3, 0.4) is 0 Å². The van der Waals surface area contributed by atoms with Crippen molar-refractivity contribution in [2.45, 2.75) is 30.2 Å². The first-order valence-corrected chi connectivity index (χ1v) is 8.63. The Balaban J connectivity index is 2.12. The minimum absolute atomic E-state index is 0.0964. The largest absolute Gasteiger partial charge is 0.329 e. The van der Waals surface area contributed by atoms with Crippen LogP contribution in [0, 0.1) is 0 Å². The fourth-order valence-corrected chi connectivity index (χ4v) is 4.89. The molecule has 1 atom stereocenters. The number of sulfonamides is 1. The number of hydrogen-bond donors (Lipinski definition) is 1. The van der Waals surface area contributed by atoms with Crippen LogP contribution in [0.15, 0.2) is 41.6 Å². The molecule has 6 heteroatoms. The molecule has 0 spiro atoms. The molecule has 0 aliphatic carbocycles. The molecule has 1 aliphatic rings. The summed E-state index contributed by atoms with van der Waals surface area (Å²) in [6.07, 6.45) is 6.07. The van der Waals surface area contributed by atoms with Crippen LogP contribution in [0.4, 0.5) is 0 Å². The van der Waals surface area contributed by atoms with Gasteiger partial charge in [-0.1, -0.05) is 18.6 Å². The van der Waals surface area contributed by atoms with Crippen molar-refractivity contribution in [1.29, 1.82) is 0 Å². The van der Waals surface area contributed by atoms with Crippen LogP contribution >= 0.6 is 0 Å². The highest BCUT2D eigenvalue weighted by atomic mass is 32.2. The summed E-state index contributed by atoms with van der Waals surface area (Å²) in [5.74, 6) is 0. The van der Waals surface area contributed by atoms with Gasteiger partial charge in [-0.25, -0.2) is 8.42 Å². The molecule has 1 aromatic heterocycles. The SMILES string of the molecule is NCC1CCCCN1S(=O)(=O)c1cccc2cnccc12. The predicted octanol–water partition coefficient (Wildman–Crippen LogP) is 1.74. The van der Waals surface area contributed by atoms with E-state index in [0.717, 1.165) is 24.6 Å². The van der Waals surface area contributed by atoms with E-state index < -0.39 is 10.0 Å². The molecule has 1 saturated heterocycles. The van der Waals surface area contributed by atoms with Gasteiger partial charge in [-0.15, -0.1) is 0 Å². The number of rotatable bonds is 3. The van der Waals surface area contributed by atoms with Gasteiger partial charge in [-0.3, -0.25) is 4.98 Å². The highest BCUT2D eigenvalue weighted by Crippen LogP contribution is 2.29. The van der Waals surface area contributed by atoms with E-state index in [1.54, 1.807) is 34.9 Å². The van der Waals surface area contributed by atoms with Gasteiger partial charge < -0.3 is 5.73 Å². The van der Waals surface area contributed by atoms with Crippen molar-refractivity contribution in [3.63, 3.8) is 0 Å². The van der Waals surface area contributed by atoms with Crippen LogP contribution in [0.2, 0.25) is 0 Å². The van der Waals surface area contributed by atoms with Crippen molar-refractivity contribution in [1.82, 2.24) is 9.29 Å². The quantitative estimate of drug-likeness (QED) is 0.937. The molecule has 2 aromatic rings. The molecule has 0 saturated carbocycles. The lowest BCUT2D eigenvalue weighted by molar-refractivity contribution is 0.258. The lowest BCUT2D eigenvalue weighted by Gasteiger charge is -2.34. The fourth-order valence-electron chi connectivity index (χ4n) is 2.97. The predicted molar refractivity (Wildman–Crippen MR) is 82.3 cm³/mol. The van der Waals surface area contributed by atoms with E-state index in [-0.39, 0.29) is 6.04 Å². The molecule has 21 heavy (non-hydrogen) atoms. The average molecular weight is 305 g/mol. The first-order valence-electron chi connectivity index (χ1n) is 7.19. The maximum atomic E-state index is 13.0. The second kappa shape index (κ2) is 5.71. The first kappa shape index (κ1) is 14.4. The van der Waals surface area contributed by atoms with Crippen LogP contribution in [-0.2, 0) is 10.0 Å². The van der Waals surface area contributed by atoms with E-state index in [4.69, 9.17) is 5.73 Å². The monoisotopic (exact) mass is 305 g/mol. The molecule has 1 fully saturated rings. The maximum absolute atomic E-state index is 13.0. The molecule has 1 unspecified atom stereocenters. The molecule has 2 N–H and O–H groups in total. The highest BCUT2D eigenvalue weighted by Gasteiger charge is 2.33. The third-order valence-electron chi connectivity index (χ3n) is 4.07. The highest BCUT2D eigenvalue weighted by molar-refractivity contribution is 7.89. The van der Waals surface area contributed by atoms with Crippen LogP contribution in [-0.4, -0.2) is 36.8 Å². The van der Waals surface area contributed by atoms with E-state index in [0.29, 0.717) is 23.4 Å². The van der Waals surface area contributed by atoms with Crippen molar-refractivity contribution < 1.29 is 8.42 Å². The lowest BCUT2D eigenvalue weighted by Crippen LogP contribution is -2.47. The summed E-state index contributed by atoms with van der Waals surface area (Å²) in [6, 6.07) is 6.96. The number of nitrogens with zero attached hydrogens (tertiary/aromatic N) is 2. The number of fused-ring (bicyclic) bond motifs is 1. The number of hydrogen-bond acceptors (Lipinski definition) is 4. The Hall–Kier alpha value is -1.50. The Morgan fingerprint density at radius 2 is 2.14 bits per heavy atom. The summed E-state index contributed by atoms with van der Waals surface area (Å²) >= 11 is 0. The molecule has 1 aromatic carbocycles. The van der Waals surface area contributed by atoms with Gasteiger partial charge in [-0.2, -0.15) is 4.31 Å². The molecular weight excluding hydrogens is 286 g/mol. The number of piperidine rings is 1. The topological polar surface area (TPSA) is 76.3 Å². The third-order valence-corrected chi connectivity index (χ3v) is 6.08. The van der Waals surface area contributed by atoms with Crippen molar-refractivity contribution >= 4 is 20.8 Å². The molecule has 0 amide bonds. The van der Waals surface area contributed by atoms with E-state index in [1.165, 1.54) is 0 Å². The standard InChI is InChI=1S/C15H19N3O2S/c16-10-13-5-1-2-9-18(13)21(19,20)15-6-3-4-12-11-17-8-7-14(12)15/h3-4,6-8,11,13H,1-2,5,9-10,16H2. The fraction of sp³-hybridized carbons (Fsp3) is 0.400. The summed E-state index contributed by atoms with van der Waals surface area (Å²) in [5, 5.41) is 1.55. The molecule has 3 rings (SSSR count). The van der Waals surface area contributed by atoms with Crippen molar-refractivity contribution in [2.75, 3.05) is 13.1 Å². The van der Waals surface area contributed by atoms with Gasteiger partial charge in [0.05, 0.1) is 4.90 Å². The zero-order valence-electron chi connectivity index (χ0n) is 11.8.